The van der Waals surface area contributed by atoms with Gasteiger partial charge < -0.3 is 10.1 Å². The van der Waals surface area contributed by atoms with E-state index in [9.17, 15) is 4.79 Å². The number of carbonyl (C=O) groups is 1. The molecule has 0 bridgehead atoms. The molecule has 0 aliphatic heterocycles. The van der Waals surface area contributed by atoms with E-state index >= 15 is 0 Å². The van der Waals surface area contributed by atoms with Crippen LogP contribution in [0.5, 0.6) is 5.75 Å². The highest BCUT2D eigenvalue weighted by Crippen LogP contribution is 2.24. The van der Waals surface area contributed by atoms with Crippen molar-refractivity contribution in [3.63, 3.8) is 0 Å². The molecule has 6 nitrogen and oxygen atoms in total. The molecule has 0 radical (unpaired) electrons. The molecule has 0 aliphatic carbocycles. The lowest BCUT2D eigenvalue weighted by atomic mass is 10.2. The first-order valence-corrected chi connectivity index (χ1v) is 7.68. The number of para-hydroxylation sites is 1. The minimum absolute atomic E-state index is 0.138. The lowest BCUT2D eigenvalue weighted by Crippen LogP contribution is -2.24. The standard InChI is InChI=1S/C18H18N4O2/c1-3-19-18(23)16-20-17(13-8-7-11-15(12-13)24-2)22(21-16)14-9-5-4-6-10-14/h4-12H,3H2,1-2H3,(H,19,23). The van der Waals surface area contributed by atoms with Crippen LogP contribution >= 0.6 is 0 Å². The van der Waals surface area contributed by atoms with E-state index in [1.807, 2.05) is 61.5 Å². The molecular formula is C18H18N4O2. The van der Waals surface area contributed by atoms with Crippen molar-refractivity contribution in [3.05, 3.63) is 60.4 Å². The smallest absolute Gasteiger partial charge is 0.290 e. The van der Waals surface area contributed by atoms with Gasteiger partial charge in [0.05, 0.1) is 12.8 Å². The Hall–Kier alpha value is -3.15. The third-order valence-electron chi connectivity index (χ3n) is 3.48. The Labute approximate surface area is 140 Å². The first kappa shape index (κ1) is 15.7. The number of ether oxygens (including phenoxy) is 1. The van der Waals surface area contributed by atoms with Crippen LogP contribution in [0.25, 0.3) is 17.1 Å². The molecule has 0 spiro atoms. The second-order valence-electron chi connectivity index (χ2n) is 5.10. The highest BCUT2D eigenvalue weighted by molar-refractivity contribution is 5.91. The summed E-state index contributed by atoms with van der Waals surface area (Å²) < 4.78 is 6.94. The van der Waals surface area contributed by atoms with Crippen molar-refractivity contribution >= 4 is 5.91 Å². The summed E-state index contributed by atoms with van der Waals surface area (Å²) in [5.41, 5.74) is 1.65. The van der Waals surface area contributed by atoms with Crippen molar-refractivity contribution in [1.82, 2.24) is 20.1 Å². The zero-order valence-electron chi connectivity index (χ0n) is 13.6. The monoisotopic (exact) mass is 322 g/mol. The molecule has 24 heavy (non-hydrogen) atoms. The lowest BCUT2D eigenvalue weighted by Gasteiger charge is -2.07. The summed E-state index contributed by atoms with van der Waals surface area (Å²) in [4.78, 5) is 16.6. The number of carbonyl (C=O) groups excluding carboxylic acids is 1. The van der Waals surface area contributed by atoms with Crippen molar-refractivity contribution in [3.8, 4) is 22.8 Å². The average Bonchev–Trinajstić information content (AvgIpc) is 3.08. The number of hydrogen-bond donors (Lipinski definition) is 1. The maximum Gasteiger partial charge on any atom is 0.290 e. The van der Waals surface area contributed by atoms with Crippen LogP contribution in [0.3, 0.4) is 0 Å². The minimum atomic E-state index is -0.295. The van der Waals surface area contributed by atoms with E-state index in [0.717, 1.165) is 17.0 Å². The predicted molar refractivity (Wildman–Crippen MR) is 91.4 cm³/mol. The van der Waals surface area contributed by atoms with Crippen molar-refractivity contribution in [2.24, 2.45) is 0 Å². The molecule has 122 valence electrons. The molecule has 0 unspecified atom stereocenters. The Balaban J connectivity index is 2.13. The van der Waals surface area contributed by atoms with Gasteiger partial charge in [0.25, 0.3) is 5.91 Å². The molecule has 0 atom stereocenters. The maximum absolute atomic E-state index is 12.1. The molecule has 1 amide bonds. The number of aromatic nitrogens is 3. The normalized spacial score (nSPS) is 10.4. The van der Waals surface area contributed by atoms with Crippen molar-refractivity contribution in [2.45, 2.75) is 6.92 Å². The van der Waals surface area contributed by atoms with Crippen LogP contribution in [0.4, 0.5) is 0 Å². The summed E-state index contributed by atoms with van der Waals surface area (Å²) >= 11 is 0. The summed E-state index contributed by atoms with van der Waals surface area (Å²) in [7, 11) is 1.61. The fourth-order valence-electron chi connectivity index (χ4n) is 2.35. The number of nitrogens with zero attached hydrogens (tertiary/aromatic N) is 3. The van der Waals surface area contributed by atoms with Gasteiger partial charge in [0.2, 0.25) is 5.82 Å². The number of nitrogens with one attached hydrogen (secondary N) is 1. The summed E-state index contributed by atoms with van der Waals surface area (Å²) in [6, 6.07) is 17.1. The fourth-order valence-corrected chi connectivity index (χ4v) is 2.35. The van der Waals surface area contributed by atoms with Crippen LogP contribution in [0.15, 0.2) is 54.6 Å². The topological polar surface area (TPSA) is 69.0 Å². The third kappa shape index (κ3) is 3.12. The van der Waals surface area contributed by atoms with Gasteiger partial charge >= 0.3 is 0 Å². The minimum Gasteiger partial charge on any atom is -0.497 e. The second kappa shape index (κ2) is 6.95. The average molecular weight is 322 g/mol. The Bertz CT molecular complexity index is 843. The molecular weight excluding hydrogens is 304 g/mol. The number of benzene rings is 2. The molecule has 0 aliphatic rings. The van der Waals surface area contributed by atoms with Gasteiger partial charge in [0, 0.05) is 12.1 Å². The Kier molecular flexibility index (Phi) is 4.56. The predicted octanol–water partition coefficient (Wildman–Crippen LogP) is 2.69. The highest BCUT2D eigenvalue weighted by Gasteiger charge is 2.18. The Morgan fingerprint density at radius 2 is 1.96 bits per heavy atom. The lowest BCUT2D eigenvalue weighted by molar-refractivity contribution is 0.0945. The molecule has 2 aromatic carbocycles. The van der Waals surface area contributed by atoms with Crippen molar-refractivity contribution in [1.29, 1.82) is 0 Å². The molecule has 1 N–H and O–H groups in total. The zero-order chi connectivity index (χ0) is 16.9. The molecule has 0 saturated heterocycles. The van der Waals surface area contributed by atoms with Crippen LogP contribution in [0.2, 0.25) is 0 Å². The van der Waals surface area contributed by atoms with Gasteiger partial charge in [0.1, 0.15) is 5.75 Å². The largest absolute Gasteiger partial charge is 0.497 e. The van der Waals surface area contributed by atoms with Crippen LogP contribution in [-0.4, -0.2) is 34.3 Å². The third-order valence-corrected chi connectivity index (χ3v) is 3.48. The SMILES string of the molecule is CCNC(=O)c1nc(-c2cccc(OC)c2)n(-c2ccccc2)n1. The van der Waals surface area contributed by atoms with E-state index < -0.39 is 0 Å². The zero-order valence-corrected chi connectivity index (χ0v) is 13.6. The first-order valence-electron chi connectivity index (χ1n) is 7.68. The van der Waals surface area contributed by atoms with Gasteiger partial charge in [-0.15, -0.1) is 5.10 Å². The van der Waals surface area contributed by atoms with E-state index in [0.29, 0.717) is 12.4 Å². The first-order chi connectivity index (χ1) is 11.7. The summed E-state index contributed by atoms with van der Waals surface area (Å²) in [5.74, 6) is 1.14. The van der Waals surface area contributed by atoms with Gasteiger partial charge in [-0.05, 0) is 31.2 Å². The van der Waals surface area contributed by atoms with Gasteiger partial charge in [-0.2, -0.15) is 0 Å². The molecule has 3 rings (SSSR count). The number of methoxy groups -OCH3 is 1. The van der Waals surface area contributed by atoms with E-state index in [1.165, 1.54) is 0 Å². The summed E-state index contributed by atoms with van der Waals surface area (Å²) in [6.07, 6.45) is 0. The van der Waals surface area contributed by atoms with Crippen LogP contribution < -0.4 is 10.1 Å². The summed E-state index contributed by atoms with van der Waals surface area (Å²) in [5, 5.41) is 7.11. The van der Waals surface area contributed by atoms with Crippen LogP contribution in [-0.2, 0) is 0 Å². The number of rotatable bonds is 5. The van der Waals surface area contributed by atoms with E-state index in [1.54, 1.807) is 11.8 Å². The second-order valence-corrected chi connectivity index (χ2v) is 5.10. The Morgan fingerprint density at radius 1 is 1.17 bits per heavy atom. The maximum atomic E-state index is 12.1. The van der Waals surface area contributed by atoms with Crippen LogP contribution in [0, 0.1) is 0 Å². The fraction of sp³-hybridized carbons (Fsp3) is 0.167. The number of amides is 1. The molecule has 0 saturated carbocycles. The highest BCUT2D eigenvalue weighted by atomic mass is 16.5. The van der Waals surface area contributed by atoms with Gasteiger partial charge in [0.15, 0.2) is 5.82 Å². The van der Waals surface area contributed by atoms with Gasteiger partial charge in [-0.25, -0.2) is 9.67 Å². The quantitative estimate of drug-likeness (QED) is 0.784. The number of hydrogen-bond acceptors (Lipinski definition) is 4. The van der Waals surface area contributed by atoms with Crippen molar-refractivity contribution in [2.75, 3.05) is 13.7 Å². The molecule has 1 heterocycles. The van der Waals surface area contributed by atoms with Gasteiger partial charge in [-0.1, -0.05) is 30.3 Å². The molecule has 1 aromatic heterocycles. The Morgan fingerprint density at radius 3 is 2.67 bits per heavy atom. The van der Waals surface area contributed by atoms with E-state index in [4.69, 9.17) is 4.74 Å². The van der Waals surface area contributed by atoms with E-state index in [-0.39, 0.29) is 11.7 Å². The van der Waals surface area contributed by atoms with Gasteiger partial charge in [-0.3, -0.25) is 4.79 Å². The van der Waals surface area contributed by atoms with Crippen LogP contribution in [0.1, 0.15) is 17.5 Å². The van der Waals surface area contributed by atoms with Crippen molar-refractivity contribution < 1.29 is 9.53 Å². The molecule has 3 aromatic rings. The summed E-state index contributed by atoms with van der Waals surface area (Å²) in [6.45, 7) is 2.38. The molecule has 0 fully saturated rings. The van der Waals surface area contributed by atoms with E-state index in [2.05, 4.69) is 15.4 Å². The molecule has 6 heteroatoms.